The second kappa shape index (κ2) is 9.95. The van der Waals surface area contributed by atoms with E-state index in [1.165, 1.54) is 12.1 Å². The number of aryl methyl sites for hydroxylation is 3. The van der Waals surface area contributed by atoms with Crippen molar-refractivity contribution in [2.75, 3.05) is 6.61 Å². The first kappa shape index (κ1) is 22.7. The molecule has 1 aromatic heterocycles. The lowest BCUT2D eigenvalue weighted by Gasteiger charge is -2.07. The minimum atomic E-state index is -0.740. The van der Waals surface area contributed by atoms with Crippen molar-refractivity contribution in [3.63, 3.8) is 0 Å². The van der Waals surface area contributed by atoms with Crippen molar-refractivity contribution in [3.05, 3.63) is 94.0 Å². The number of ether oxygens (including phenoxy) is 1. The Morgan fingerprint density at radius 3 is 2.59 bits per heavy atom. The summed E-state index contributed by atoms with van der Waals surface area (Å²) in [7, 11) is 0. The summed E-state index contributed by atoms with van der Waals surface area (Å²) in [6.45, 7) is 1.71. The molecule has 0 fully saturated rings. The maximum Gasteiger partial charge on any atom is 0.311 e. The number of fused-ring (bicyclic) bond motifs is 1. The van der Waals surface area contributed by atoms with Gasteiger partial charge in [0.15, 0.2) is 18.0 Å². The van der Waals surface area contributed by atoms with Crippen molar-refractivity contribution in [2.24, 2.45) is 10.2 Å². The average molecular weight is 458 g/mol. The second-order valence-corrected chi connectivity index (χ2v) is 7.69. The Morgan fingerprint density at radius 2 is 1.82 bits per heavy atom. The predicted octanol–water partition coefficient (Wildman–Crippen LogP) is 5.50. The third kappa shape index (κ3) is 4.93. The molecule has 34 heavy (non-hydrogen) atoms. The lowest BCUT2D eigenvalue weighted by molar-refractivity contribution is -0.385. The highest BCUT2D eigenvalue weighted by atomic mass is 16.6. The van der Waals surface area contributed by atoms with E-state index >= 15 is 0 Å². The van der Waals surface area contributed by atoms with Gasteiger partial charge in [0.05, 0.1) is 10.4 Å². The summed E-state index contributed by atoms with van der Waals surface area (Å²) in [6, 6.07) is 21.7. The summed E-state index contributed by atoms with van der Waals surface area (Å²) in [5, 5.41) is 30.3. The molecular weight excluding hydrogens is 436 g/mol. The SMILES string of the molecule is Cc1ccc(OCC(=O)N=Nc2c(O)n(CCc3ccccc3)c3ccccc23)c([N+](=O)[O-])c1. The number of carbonyl (C=O) groups excluding carboxylic acids is 1. The number of aromatic hydroxyl groups is 1. The normalized spacial score (nSPS) is 11.2. The lowest BCUT2D eigenvalue weighted by Crippen LogP contribution is -2.09. The van der Waals surface area contributed by atoms with Crippen LogP contribution < -0.4 is 4.74 Å². The van der Waals surface area contributed by atoms with E-state index < -0.39 is 17.4 Å². The van der Waals surface area contributed by atoms with E-state index in [1.807, 2.05) is 48.5 Å². The number of benzene rings is 3. The van der Waals surface area contributed by atoms with Crippen molar-refractivity contribution in [1.82, 2.24) is 4.57 Å². The molecule has 0 spiro atoms. The first-order valence-corrected chi connectivity index (χ1v) is 10.6. The number of nitrogens with zero attached hydrogens (tertiary/aromatic N) is 4. The quantitative estimate of drug-likeness (QED) is 0.212. The van der Waals surface area contributed by atoms with Crippen molar-refractivity contribution >= 4 is 28.2 Å². The van der Waals surface area contributed by atoms with Crippen LogP contribution in [0.2, 0.25) is 0 Å². The molecular formula is C25H22N4O5. The molecule has 0 atom stereocenters. The highest BCUT2D eigenvalue weighted by Crippen LogP contribution is 2.39. The largest absolute Gasteiger partial charge is 0.493 e. The Labute approximate surface area is 195 Å². The molecule has 1 N–H and O–H groups in total. The van der Waals surface area contributed by atoms with E-state index in [4.69, 9.17) is 4.74 Å². The van der Waals surface area contributed by atoms with Crippen LogP contribution in [0.1, 0.15) is 11.1 Å². The number of carbonyl (C=O) groups is 1. The molecule has 0 aliphatic rings. The van der Waals surface area contributed by atoms with Gasteiger partial charge in [-0.05, 0) is 36.6 Å². The molecule has 0 aliphatic carbocycles. The van der Waals surface area contributed by atoms with Crippen molar-refractivity contribution in [2.45, 2.75) is 19.9 Å². The molecule has 4 aromatic rings. The van der Waals surface area contributed by atoms with Gasteiger partial charge in [0.1, 0.15) is 0 Å². The standard InChI is InChI=1S/C25H22N4O5/c1-17-11-12-22(21(15-17)29(32)33)34-16-23(30)26-27-24-19-9-5-6-10-20(19)28(25(24)31)14-13-18-7-3-2-4-8-18/h2-12,15,31H,13-14,16H2,1H3. The van der Waals surface area contributed by atoms with Crippen LogP contribution in [0.25, 0.3) is 10.9 Å². The zero-order valence-corrected chi connectivity index (χ0v) is 18.4. The topological polar surface area (TPSA) is 119 Å². The monoisotopic (exact) mass is 458 g/mol. The van der Waals surface area contributed by atoms with Gasteiger partial charge in [-0.3, -0.25) is 14.9 Å². The number of rotatable bonds is 8. The van der Waals surface area contributed by atoms with Gasteiger partial charge in [0.25, 0.3) is 0 Å². The number of nitro benzene ring substituents is 1. The third-order valence-electron chi connectivity index (χ3n) is 5.31. The fourth-order valence-electron chi connectivity index (χ4n) is 3.65. The van der Waals surface area contributed by atoms with Crippen LogP contribution in [0.5, 0.6) is 11.6 Å². The Bertz CT molecular complexity index is 1380. The van der Waals surface area contributed by atoms with Gasteiger partial charge in [-0.15, -0.1) is 10.2 Å². The van der Waals surface area contributed by atoms with Crippen LogP contribution in [0, 0.1) is 17.0 Å². The number of hydrogen-bond donors (Lipinski definition) is 1. The van der Waals surface area contributed by atoms with Gasteiger partial charge >= 0.3 is 11.6 Å². The van der Waals surface area contributed by atoms with E-state index in [0.717, 1.165) is 11.1 Å². The van der Waals surface area contributed by atoms with Crippen molar-refractivity contribution < 1.29 is 19.6 Å². The summed E-state index contributed by atoms with van der Waals surface area (Å²) in [6.07, 6.45) is 0.700. The fraction of sp³-hybridized carbons (Fsp3) is 0.160. The highest BCUT2D eigenvalue weighted by Gasteiger charge is 2.18. The number of aromatic nitrogens is 1. The fourth-order valence-corrected chi connectivity index (χ4v) is 3.65. The molecule has 0 radical (unpaired) electrons. The smallest absolute Gasteiger partial charge is 0.311 e. The van der Waals surface area contributed by atoms with E-state index in [1.54, 1.807) is 23.6 Å². The predicted molar refractivity (Wildman–Crippen MR) is 127 cm³/mol. The first-order chi connectivity index (χ1) is 16.4. The van der Waals surface area contributed by atoms with E-state index in [0.29, 0.717) is 23.9 Å². The Kier molecular flexibility index (Phi) is 6.63. The second-order valence-electron chi connectivity index (χ2n) is 7.69. The molecule has 0 saturated carbocycles. The minimum absolute atomic E-state index is 0.0282. The Balaban J connectivity index is 1.52. The van der Waals surface area contributed by atoms with Crippen molar-refractivity contribution in [3.8, 4) is 11.6 Å². The zero-order valence-electron chi connectivity index (χ0n) is 18.4. The van der Waals surface area contributed by atoms with Gasteiger partial charge in [-0.2, -0.15) is 0 Å². The molecule has 9 nitrogen and oxygen atoms in total. The number of para-hydroxylation sites is 1. The molecule has 9 heteroatoms. The van der Waals surface area contributed by atoms with E-state index in [-0.39, 0.29) is 23.0 Å². The molecule has 1 heterocycles. The Hall–Kier alpha value is -4.53. The molecule has 1 amide bonds. The molecule has 172 valence electrons. The van der Waals surface area contributed by atoms with Crippen LogP contribution in [-0.4, -0.2) is 27.1 Å². The number of azo groups is 1. The van der Waals surface area contributed by atoms with Crippen molar-refractivity contribution in [1.29, 1.82) is 0 Å². The summed E-state index contributed by atoms with van der Waals surface area (Å²) < 4.78 is 7.03. The van der Waals surface area contributed by atoms with Crippen LogP contribution in [0.3, 0.4) is 0 Å². The third-order valence-corrected chi connectivity index (χ3v) is 5.31. The average Bonchev–Trinajstić information content (AvgIpc) is 3.11. The van der Waals surface area contributed by atoms with Gasteiger partial charge in [0, 0.05) is 18.0 Å². The van der Waals surface area contributed by atoms with E-state index in [9.17, 15) is 20.0 Å². The maximum atomic E-state index is 12.3. The molecule has 3 aromatic carbocycles. The van der Waals surface area contributed by atoms with Gasteiger partial charge in [-0.25, -0.2) is 0 Å². The lowest BCUT2D eigenvalue weighted by atomic mass is 10.1. The summed E-state index contributed by atoms with van der Waals surface area (Å²) in [5.74, 6) is -0.862. The molecule has 0 bridgehead atoms. The number of nitro groups is 1. The zero-order chi connectivity index (χ0) is 24.1. The number of amides is 1. The summed E-state index contributed by atoms with van der Waals surface area (Å²) in [5.41, 5.74) is 2.54. The first-order valence-electron chi connectivity index (χ1n) is 10.6. The molecule has 0 saturated heterocycles. The maximum absolute atomic E-state index is 12.3. The van der Waals surface area contributed by atoms with Crippen LogP contribution in [0.15, 0.2) is 83.0 Å². The van der Waals surface area contributed by atoms with Crippen LogP contribution in [-0.2, 0) is 17.8 Å². The summed E-state index contributed by atoms with van der Waals surface area (Å²) in [4.78, 5) is 22.9. The molecule has 4 rings (SSSR count). The van der Waals surface area contributed by atoms with Crippen LogP contribution in [0.4, 0.5) is 11.4 Å². The summed E-state index contributed by atoms with van der Waals surface area (Å²) >= 11 is 0. The number of hydrogen-bond acceptors (Lipinski definition) is 6. The van der Waals surface area contributed by atoms with Gasteiger partial charge in [-0.1, -0.05) is 54.6 Å². The molecule has 0 aliphatic heterocycles. The highest BCUT2D eigenvalue weighted by molar-refractivity contribution is 5.95. The van der Waals surface area contributed by atoms with Gasteiger partial charge in [0.2, 0.25) is 5.88 Å². The minimum Gasteiger partial charge on any atom is -0.493 e. The van der Waals surface area contributed by atoms with Gasteiger partial charge < -0.3 is 14.4 Å². The van der Waals surface area contributed by atoms with Crippen LogP contribution >= 0.6 is 0 Å². The Morgan fingerprint density at radius 1 is 1.09 bits per heavy atom. The molecule has 0 unspecified atom stereocenters. The van der Waals surface area contributed by atoms with E-state index in [2.05, 4.69) is 10.2 Å².